The molecule has 8 nitrogen and oxygen atoms in total. The number of carboxylic acids is 1. The minimum absolute atomic E-state index is 0.0885. The third kappa shape index (κ3) is 3.55. The van der Waals surface area contributed by atoms with Gasteiger partial charge in [0.05, 0.1) is 12.1 Å². The molecule has 0 saturated heterocycles. The fourth-order valence-electron chi connectivity index (χ4n) is 3.60. The summed E-state index contributed by atoms with van der Waals surface area (Å²) < 4.78 is 1.67. The van der Waals surface area contributed by atoms with E-state index in [2.05, 4.69) is 20.5 Å². The molecule has 1 amide bonds. The van der Waals surface area contributed by atoms with Crippen LogP contribution in [-0.2, 0) is 11.8 Å². The fraction of sp³-hybridized carbons (Fsp3) is 0.556. The Hall–Kier alpha value is -2.48. The Morgan fingerprint density at radius 1 is 1.35 bits per heavy atom. The van der Waals surface area contributed by atoms with Gasteiger partial charge in [0.25, 0.3) is 5.91 Å². The Balaban J connectivity index is 1.33. The zero-order chi connectivity index (χ0) is 18.3. The van der Waals surface area contributed by atoms with Crippen molar-refractivity contribution in [3.8, 4) is 0 Å². The second kappa shape index (κ2) is 6.68. The topological polar surface area (TPSA) is 100 Å². The van der Waals surface area contributed by atoms with Gasteiger partial charge < -0.3 is 10.4 Å². The number of aliphatic carboxylic acids is 1. The van der Waals surface area contributed by atoms with Gasteiger partial charge in [0.15, 0.2) is 0 Å². The van der Waals surface area contributed by atoms with Gasteiger partial charge in [-0.3, -0.25) is 14.5 Å². The summed E-state index contributed by atoms with van der Waals surface area (Å²) in [6.45, 7) is 0.951. The van der Waals surface area contributed by atoms with Crippen molar-refractivity contribution in [2.45, 2.75) is 37.8 Å². The van der Waals surface area contributed by atoms with Crippen LogP contribution in [0.15, 0.2) is 18.2 Å². The summed E-state index contributed by atoms with van der Waals surface area (Å²) in [6.07, 6.45) is 4.01. The highest BCUT2D eigenvalue weighted by atomic mass is 16.4. The third-order valence-corrected chi connectivity index (χ3v) is 5.37. The third-order valence-electron chi connectivity index (χ3n) is 5.37. The summed E-state index contributed by atoms with van der Waals surface area (Å²) in [7, 11) is 1.81. The molecule has 0 unspecified atom stereocenters. The maximum absolute atomic E-state index is 12.5. The normalized spacial score (nSPS) is 22.4. The molecule has 0 radical (unpaired) electrons. The van der Waals surface area contributed by atoms with Crippen LogP contribution in [0, 0.1) is 5.92 Å². The Morgan fingerprint density at radius 3 is 2.81 bits per heavy atom. The van der Waals surface area contributed by atoms with E-state index in [1.165, 1.54) is 12.8 Å². The molecule has 0 atom stereocenters. The molecular formula is C18H23N5O3. The molecule has 2 aliphatic carbocycles. The average molecular weight is 357 g/mol. The first kappa shape index (κ1) is 17.0. The molecule has 138 valence electrons. The number of hydrogen-bond donors (Lipinski definition) is 2. The van der Waals surface area contributed by atoms with E-state index in [0.717, 1.165) is 24.9 Å². The zero-order valence-corrected chi connectivity index (χ0v) is 14.8. The predicted molar refractivity (Wildman–Crippen MR) is 94.7 cm³/mol. The number of nitrogens with zero attached hydrogens (tertiary/aromatic N) is 4. The van der Waals surface area contributed by atoms with Crippen LogP contribution in [0.4, 0.5) is 0 Å². The van der Waals surface area contributed by atoms with Gasteiger partial charge >= 0.3 is 5.97 Å². The summed E-state index contributed by atoms with van der Waals surface area (Å²) >= 11 is 0. The molecule has 1 aromatic carbocycles. The lowest BCUT2D eigenvalue weighted by molar-refractivity contribution is -0.139. The molecule has 2 N–H and O–H groups in total. The molecule has 4 rings (SSSR count). The van der Waals surface area contributed by atoms with Crippen LogP contribution in [0.3, 0.4) is 0 Å². The number of carbonyl (C=O) groups excluding carboxylic acids is 1. The monoisotopic (exact) mass is 357 g/mol. The van der Waals surface area contributed by atoms with Gasteiger partial charge in [-0.05, 0) is 49.8 Å². The van der Waals surface area contributed by atoms with Crippen LogP contribution >= 0.6 is 0 Å². The Labute approximate surface area is 151 Å². The van der Waals surface area contributed by atoms with E-state index in [1.807, 2.05) is 13.1 Å². The second-order valence-corrected chi connectivity index (χ2v) is 7.48. The highest BCUT2D eigenvalue weighted by Gasteiger charge is 2.37. The van der Waals surface area contributed by atoms with Crippen molar-refractivity contribution in [1.29, 1.82) is 0 Å². The molecule has 2 fully saturated rings. The molecule has 2 aromatic rings. The predicted octanol–water partition coefficient (Wildman–Crippen LogP) is 1.03. The van der Waals surface area contributed by atoms with Crippen LogP contribution in [0.5, 0.6) is 0 Å². The average Bonchev–Trinajstić information content (AvgIpc) is 3.30. The van der Waals surface area contributed by atoms with Crippen LogP contribution in [-0.4, -0.2) is 62.0 Å². The minimum Gasteiger partial charge on any atom is -0.480 e. The number of aryl methyl sites for hydroxylation is 1. The van der Waals surface area contributed by atoms with Crippen molar-refractivity contribution in [2.75, 3.05) is 13.1 Å². The number of hydrogen-bond acceptors (Lipinski definition) is 5. The van der Waals surface area contributed by atoms with Crippen LogP contribution < -0.4 is 5.32 Å². The van der Waals surface area contributed by atoms with E-state index >= 15 is 0 Å². The van der Waals surface area contributed by atoms with Crippen molar-refractivity contribution in [1.82, 2.24) is 25.2 Å². The van der Waals surface area contributed by atoms with Crippen molar-refractivity contribution in [2.24, 2.45) is 13.0 Å². The fourth-order valence-corrected chi connectivity index (χ4v) is 3.60. The second-order valence-electron chi connectivity index (χ2n) is 7.48. The maximum Gasteiger partial charge on any atom is 0.317 e. The molecule has 0 bridgehead atoms. The van der Waals surface area contributed by atoms with E-state index in [4.69, 9.17) is 5.11 Å². The summed E-state index contributed by atoms with van der Waals surface area (Å²) in [5, 5.41) is 20.1. The lowest BCUT2D eigenvalue weighted by atomic mass is 9.85. The number of rotatable bonds is 7. The van der Waals surface area contributed by atoms with Gasteiger partial charge in [-0.2, -0.15) is 0 Å². The number of carboxylic acid groups (broad SMARTS) is 1. The van der Waals surface area contributed by atoms with Crippen LogP contribution in [0.2, 0.25) is 0 Å². The summed E-state index contributed by atoms with van der Waals surface area (Å²) in [4.78, 5) is 25.6. The van der Waals surface area contributed by atoms with Gasteiger partial charge in [0.1, 0.15) is 5.52 Å². The van der Waals surface area contributed by atoms with Gasteiger partial charge in [-0.25, -0.2) is 4.68 Å². The number of carbonyl (C=O) groups is 2. The standard InChI is InChI=1S/C18H23N5O3/c1-22-16-5-4-12(6-15(16)20-21-22)18(26)19-13-7-14(8-13)23(10-17(24)25)9-11-2-3-11/h4-6,11,13-14H,2-3,7-10H2,1H3,(H,19,26)(H,24,25). The number of fused-ring (bicyclic) bond motifs is 1. The van der Waals surface area contributed by atoms with Gasteiger partial charge in [-0.15, -0.1) is 5.10 Å². The Kier molecular flexibility index (Phi) is 4.36. The molecule has 2 saturated carbocycles. The van der Waals surface area contributed by atoms with Crippen LogP contribution in [0.1, 0.15) is 36.0 Å². The van der Waals surface area contributed by atoms with E-state index in [0.29, 0.717) is 17.0 Å². The van der Waals surface area contributed by atoms with Crippen molar-refractivity contribution < 1.29 is 14.7 Å². The van der Waals surface area contributed by atoms with Gasteiger partial charge in [-0.1, -0.05) is 5.21 Å². The Bertz CT molecular complexity index is 838. The Morgan fingerprint density at radius 2 is 2.12 bits per heavy atom. The van der Waals surface area contributed by atoms with E-state index < -0.39 is 5.97 Å². The summed E-state index contributed by atoms with van der Waals surface area (Å²) in [6, 6.07) is 5.72. The van der Waals surface area contributed by atoms with E-state index in [-0.39, 0.29) is 24.5 Å². The highest BCUT2D eigenvalue weighted by Crippen LogP contribution is 2.33. The molecule has 1 aromatic heterocycles. The van der Waals surface area contributed by atoms with Crippen molar-refractivity contribution >= 4 is 22.9 Å². The van der Waals surface area contributed by atoms with Gasteiger partial charge in [0.2, 0.25) is 0 Å². The van der Waals surface area contributed by atoms with Crippen molar-refractivity contribution in [3.63, 3.8) is 0 Å². The highest BCUT2D eigenvalue weighted by molar-refractivity contribution is 5.97. The maximum atomic E-state index is 12.5. The number of benzene rings is 1. The number of aromatic nitrogens is 3. The summed E-state index contributed by atoms with van der Waals surface area (Å²) in [5.41, 5.74) is 2.15. The zero-order valence-electron chi connectivity index (χ0n) is 14.8. The largest absolute Gasteiger partial charge is 0.480 e. The quantitative estimate of drug-likeness (QED) is 0.768. The van der Waals surface area contributed by atoms with Crippen LogP contribution in [0.25, 0.3) is 11.0 Å². The first-order valence-electron chi connectivity index (χ1n) is 9.05. The number of nitrogens with one attached hydrogen (secondary N) is 1. The lowest BCUT2D eigenvalue weighted by Gasteiger charge is -2.42. The first-order chi connectivity index (χ1) is 12.5. The molecule has 0 aliphatic heterocycles. The molecule has 1 heterocycles. The summed E-state index contributed by atoms with van der Waals surface area (Å²) in [5.74, 6) is -0.245. The smallest absolute Gasteiger partial charge is 0.317 e. The minimum atomic E-state index is -0.782. The molecule has 0 spiro atoms. The molecule has 8 heteroatoms. The molecule has 2 aliphatic rings. The van der Waals surface area contributed by atoms with Gasteiger partial charge in [0, 0.05) is 31.2 Å². The first-order valence-corrected chi connectivity index (χ1v) is 9.05. The van der Waals surface area contributed by atoms with E-state index in [9.17, 15) is 9.59 Å². The van der Waals surface area contributed by atoms with E-state index in [1.54, 1.807) is 16.8 Å². The number of amides is 1. The lowest BCUT2D eigenvalue weighted by Crippen LogP contribution is -2.55. The van der Waals surface area contributed by atoms with Crippen molar-refractivity contribution in [3.05, 3.63) is 23.8 Å². The molecule has 26 heavy (non-hydrogen) atoms. The SMILES string of the molecule is Cn1nnc2cc(C(=O)NC3CC(N(CC(=O)O)CC4CC4)C3)ccc21. The molecular weight excluding hydrogens is 334 g/mol.